The summed E-state index contributed by atoms with van der Waals surface area (Å²) in [4.78, 5) is 24.5. The lowest BCUT2D eigenvalue weighted by molar-refractivity contribution is -0.432. The van der Waals surface area contributed by atoms with Gasteiger partial charge in [-0.1, -0.05) is 35.4 Å². The quantitative estimate of drug-likeness (QED) is 0.0669. The van der Waals surface area contributed by atoms with E-state index in [0.717, 1.165) is 16.8 Å². The molecule has 10 nitrogen and oxygen atoms in total. The average molecular weight is 555 g/mol. The molecule has 0 radical (unpaired) electrons. The molecule has 0 saturated heterocycles. The van der Waals surface area contributed by atoms with E-state index in [-0.39, 0.29) is 17.0 Å². The highest BCUT2D eigenvalue weighted by molar-refractivity contribution is 7.94. The van der Waals surface area contributed by atoms with E-state index in [0.29, 0.717) is 39.3 Å². The highest BCUT2D eigenvalue weighted by atomic mass is 32.2. The molecule has 4 N–H and O–H groups in total. The molecule has 0 aromatic heterocycles. The topological polar surface area (TPSA) is 151 Å². The number of benzene rings is 4. The maximum Gasteiger partial charge on any atom is 0.295 e. The van der Waals surface area contributed by atoms with Gasteiger partial charge in [-0.2, -0.15) is 8.42 Å². The molecule has 0 bridgehead atoms. The van der Waals surface area contributed by atoms with E-state index in [1.807, 2.05) is 0 Å². The number of carbonyl (C=O) groups excluding carboxylic acids is 2. The highest BCUT2D eigenvalue weighted by Gasteiger charge is 2.21. The summed E-state index contributed by atoms with van der Waals surface area (Å²) < 4.78 is 39.1. The molecule has 0 aliphatic heterocycles. The summed E-state index contributed by atoms with van der Waals surface area (Å²) in [6, 6.07) is 19.1. The molecule has 4 aromatic rings. The molecule has 1 amide bonds. The van der Waals surface area contributed by atoms with Crippen LogP contribution in [0.4, 0.5) is 11.4 Å². The zero-order valence-electron chi connectivity index (χ0n) is 20.1. The normalized spacial score (nSPS) is 11.4. The SMILES string of the molecule is CNc1ccc(-c2ccc(NC(=O)c3ccc4cc(C(C)=O)ccc4c3)cc2S(=O)(=O)O)c(SOOO)c1. The maximum absolute atomic E-state index is 13.0. The summed E-state index contributed by atoms with van der Waals surface area (Å²) in [7, 11) is -3.04. The van der Waals surface area contributed by atoms with Gasteiger partial charge in [0.25, 0.3) is 16.0 Å². The van der Waals surface area contributed by atoms with Crippen molar-refractivity contribution in [3.8, 4) is 11.1 Å². The van der Waals surface area contributed by atoms with Gasteiger partial charge in [0.2, 0.25) is 0 Å². The minimum absolute atomic E-state index is 0.0650. The Labute approximate surface area is 222 Å². The van der Waals surface area contributed by atoms with Crippen LogP contribution in [0.1, 0.15) is 27.6 Å². The standard InChI is InChI=1S/C26H22N2O8S2/c1-15(29)16-3-4-18-12-19(6-5-17(18)11-16)26(30)28-21-8-10-23(25(14-21)38(32,33)34)22-9-7-20(27-2)13-24(22)37-36-35-31/h3-14,27,31H,1-2H3,(H,28,30)(H,32,33,34). The third-order valence-electron chi connectivity index (χ3n) is 5.74. The predicted octanol–water partition coefficient (Wildman–Crippen LogP) is 5.68. The summed E-state index contributed by atoms with van der Waals surface area (Å²) in [5.41, 5.74) is 2.16. The van der Waals surface area contributed by atoms with Crippen LogP contribution < -0.4 is 10.6 Å². The van der Waals surface area contributed by atoms with Crippen LogP contribution in [-0.2, 0) is 19.5 Å². The van der Waals surface area contributed by atoms with Gasteiger partial charge in [0.1, 0.15) is 4.90 Å². The van der Waals surface area contributed by atoms with Gasteiger partial charge < -0.3 is 10.6 Å². The largest absolute Gasteiger partial charge is 0.388 e. The van der Waals surface area contributed by atoms with Gasteiger partial charge in [-0.05, 0) is 65.7 Å². The lowest BCUT2D eigenvalue weighted by Crippen LogP contribution is -2.13. The minimum Gasteiger partial charge on any atom is -0.388 e. The van der Waals surface area contributed by atoms with E-state index in [2.05, 4.69) is 20.0 Å². The number of ketones is 1. The lowest BCUT2D eigenvalue weighted by atomic mass is 10.0. The number of anilines is 2. The lowest BCUT2D eigenvalue weighted by Gasteiger charge is -2.15. The molecule has 12 heteroatoms. The van der Waals surface area contributed by atoms with E-state index in [9.17, 15) is 22.6 Å². The second-order valence-electron chi connectivity index (χ2n) is 8.16. The molecular weight excluding hydrogens is 532 g/mol. The molecule has 0 saturated carbocycles. The van der Waals surface area contributed by atoms with Crippen LogP contribution in [-0.4, -0.2) is 37.0 Å². The average Bonchev–Trinajstić information content (AvgIpc) is 2.90. The zero-order valence-corrected chi connectivity index (χ0v) is 21.7. The van der Waals surface area contributed by atoms with E-state index in [1.54, 1.807) is 61.6 Å². The third-order valence-corrected chi connectivity index (χ3v) is 7.28. The van der Waals surface area contributed by atoms with Crippen molar-refractivity contribution in [1.29, 1.82) is 0 Å². The van der Waals surface area contributed by atoms with Crippen molar-refractivity contribution in [2.24, 2.45) is 0 Å². The second kappa shape index (κ2) is 11.3. The Bertz CT molecular complexity index is 1650. The van der Waals surface area contributed by atoms with E-state index >= 15 is 0 Å². The number of nitrogens with one attached hydrogen (secondary N) is 2. The number of hydrogen-bond donors (Lipinski definition) is 4. The fraction of sp³-hybridized carbons (Fsp3) is 0.0769. The van der Waals surface area contributed by atoms with Gasteiger partial charge in [0.05, 0.1) is 12.0 Å². The van der Waals surface area contributed by atoms with Crippen molar-refractivity contribution in [2.45, 2.75) is 16.7 Å². The number of rotatable bonds is 9. The zero-order chi connectivity index (χ0) is 27.4. The minimum atomic E-state index is -4.72. The van der Waals surface area contributed by atoms with Crippen molar-refractivity contribution in [2.75, 3.05) is 17.7 Å². The van der Waals surface area contributed by atoms with Crippen molar-refractivity contribution < 1.29 is 37.2 Å². The Balaban J connectivity index is 1.69. The predicted molar refractivity (Wildman–Crippen MR) is 144 cm³/mol. The summed E-state index contributed by atoms with van der Waals surface area (Å²) in [5, 5.41) is 19.3. The highest BCUT2D eigenvalue weighted by Crippen LogP contribution is 2.38. The van der Waals surface area contributed by atoms with Crippen LogP contribution in [0.3, 0.4) is 0 Å². The molecule has 0 unspecified atom stereocenters. The van der Waals surface area contributed by atoms with Crippen LogP contribution in [0.5, 0.6) is 0 Å². The number of amides is 1. The number of fused-ring (bicyclic) bond motifs is 1. The fourth-order valence-electron chi connectivity index (χ4n) is 3.87. The third kappa shape index (κ3) is 6.02. The fourth-order valence-corrected chi connectivity index (χ4v) is 5.14. The molecule has 0 aliphatic carbocycles. The molecule has 38 heavy (non-hydrogen) atoms. The van der Waals surface area contributed by atoms with E-state index in [4.69, 9.17) is 5.26 Å². The summed E-state index contributed by atoms with van der Waals surface area (Å²) in [6.07, 6.45) is 0. The Morgan fingerprint density at radius 1 is 0.842 bits per heavy atom. The first-order valence-corrected chi connectivity index (χ1v) is 13.2. The molecule has 196 valence electrons. The molecule has 0 aliphatic rings. The monoisotopic (exact) mass is 554 g/mol. The van der Waals surface area contributed by atoms with E-state index < -0.39 is 20.9 Å². The first-order chi connectivity index (χ1) is 18.1. The van der Waals surface area contributed by atoms with Crippen LogP contribution in [0.25, 0.3) is 21.9 Å². The van der Waals surface area contributed by atoms with Crippen molar-refractivity contribution >= 4 is 56.0 Å². The maximum atomic E-state index is 13.0. The van der Waals surface area contributed by atoms with Gasteiger partial charge >= 0.3 is 0 Å². The van der Waals surface area contributed by atoms with Gasteiger partial charge in [-0.3, -0.25) is 14.1 Å². The van der Waals surface area contributed by atoms with E-state index in [1.165, 1.54) is 19.1 Å². The number of hydrogen-bond acceptors (Lipinski definition) is 9. The first-order valence-electron chi connectivity index (χ1n) is 11.1. The second-order valence-corrected chi connectivity index (χ2v) is 10.3. The van der Waals surface area contributed by atoms with Crippen molar-refractivity contribution in [1.82, 2.24) is 0 Å². The Hall–Kier alpha value is -3.78. The van der Waals surface area contributed by atoms with Gasteiger partial charge in [-0.15, -0.1) is 4.33 Å². The number of Topliss-reactive ketones (excluding diaryl/α,β-unsaturated/α-hetero) is 1. The van der Waals surface area contributed by atoms with Crippen LogP contribution in [0.15, 0.2) is 82.6 Å². The van der Waals surface area contributed by atoms with Crippen molar-refractivity contribution in [3.05, 3.63) is 83.9 Å². The molecule has 4 aromatic carbocycles. The first kappa shape index (κ1) is 27.3. The van der Waals surface area contributed by atoms with Crippen LogP contribution in [0.2, 0.25) is 0 Å². The summed E-state index contributed by atoms with van der Waals surface area (Å²) in [5.74, 6) is -0.565. The van der Waals surface area contributed by atoms with Gasteiger partial charge in [-0.25, -0.2) is 5.26 Å². The summed E-state index contributed by atoms with van der Waals surface area (Å²) in [6.45, 7) is 1.48. The Kier molecular flexibility index (Phi) is 8.11. The molecule has 0 spiro atoms. The Morgan fingerprint density at radius 2 is 1.47 bits per heavy atom. The van der Waals surface area contributed by atoms with Crippen LogP contribution in [0, 0.1) is 0 Å². The van der Waals surface area contributed by atoms with Gasteiger partial charge in [0, 0.05) is 40.0 Å². The molecule has 0 fully saturated rings. The van der Waals surface area contributed by atoms with Crippen molar-refractivity contribution in [3.63, 3.8) is 0 Å². The Morgan fingerprint density at radius 3 is 2.11 bits per heavy atom. The number of carbonyl (C=O) groups is 2. The van der Waals surface area contributed by atoms with Gasteiger partial charge in [0.15, 0.2) is 5.78 Å². The molecule has 0 heterocycles. The molecule has 0 atom stereocenters. The molecule has 4 rings (SSSR count). The smallest absolute Gasteiger partial charge is 0.295 e. The van der Waals surface area contributed by atoms with Crippen LogP contribution >= 0.6 is 12.0 Å². The summed E-state index contributed by atoms with van der Waals surface area (Å²) >= 11 is 0.629. The molecular formula is C26H22N2O8S2.